The smallest absolute Gasteiger partial charge is 0.148 e. The van der Waals surface area contributed by atoms with E-state index >= 15 is 0 Å². The molecule has 0 N–H and O–H groups in total. The number of benzene rings is 1. The van der Waals surface area contributed by atoms with Crippen molar-refractivity contribution in [2.24, 2.45) is 0 Å². The largest absolute Gasteiger partial charge is 0.302 e. The molecule has 0 aliphatic carbocycles. The number of likely N-dealkylation sites (tertiary alicyclic amines) is 1. The maximum atomic E-state index is 11.2. The third-order valence-corrected chi connectivity index (χ3v) is 4.84. The predicted octanol–water partition coefficient (Wildman–Crippen LogP) is 2.14. The summed E-state index contributed by atoms with van der Waals surface area (Å²) in [5, 5.41) is 0. The lowest BCUT2D eigenvalue weighted by Crippen LogP contribution is -2.26. The fraction of sp³-hybridized carbons (Fsp3) is 0.600. The second-order valence-corrected chi connectivity index (χ2v) is 8.04. The van der Waals surface area contributed by atoms with E-state index in [0.29, 0.717) is 12.5 Å². The second kappa shape index (κ2) is 5.63. The number of hydrogen-bond acceptors (Lipinski definition) is 3. The van der Waals surface area contributed by atoms with Crippen LogP contribution in [0.4, 0.5) is 0 Å². The summed E-state index contributed by atoms with van der Waals surface area (Å²) in [6, 6.07) is 6.63. The molecular weight excluding hydrogens is 258 g/mol. The van der Waals surface area contributed by atoms with Crippen LogP contribution in [0.5, 0.6) is 0 Å². The highest BCUT2D eigenvalue weighted by molar-refractivity contribution is 7.90. The van der Waals surface area contributed by atoms with E-state index in [9.17, 15) is 8.42 Å². The van der Waals surface area contributed by atoms with Crippen LogP contribution in [-0.4, -0.2) is 45.0 Å². The molecule has 0 saturated carbocycles. The molecule has 0 unspecified atom stereocenters. The Morgan fingerprint density at radius 3 is 2.68 bits per heavy atom. The summed E-state index contributed by atoms with van der Waals surface area (Å²) >= 11 is 0. The molecule has 0 radical (unpaired) electrons. The van der Waals surface area contributed by atoms with Crippen LogP contribution in [0.1, 0.15) is 29.0 Å². The van der Waals surface area contributed by atoms with Crippen molar-refractivity contribution in [2.75, 3.05) is 31.6 Å². The Morgan fingerprint density at radius 1 is 1.32 bits per heavy atom. The van der Waals surface area contributed by atoms with Crippen molar-refractivity contribution in [2.45, 2.75) is 26.2 Å². The highest BCUT2D eigenvalue weighted by Crippen LogP contribution is 2.29. The lowest BCUT2D eigenvalue weighted by Gasteiger charge is -2.17. The van der Waals surface area contributed by atoms with E-state index in [1.54, 1.807) is 0 Å². The monoisotopic (exact) mass is 281 g/mol. The van der Waals surface area contributed by atoms with Gasteiger partial charge in [-0.15, -0.1) is 0 Å². The molecule has 1 aliphatic rings. The van der Waals surface area contributed by atoms with Gasteiger partial charge in [0.25, 0.3) is 0 Å². The minimum Gasteiger partial charge on any atom is -0.302 e. The molecule has 106 valence electrons. The van der Waals surface area contributed by atoms with E-state index in [1.807, 2.05) is 0 Å². The molecule has 3 nitrogen and oxygen atoms in total. The first-order chi connectivity index (χ1) is 8.85. The molecule has 0 bridgehead atoms. The summed E-state index contributed by atoms with van der Waals surface area (Å²) in [7, 11) is -2.85. The highest BCUT2D eigenvalue weighted by Gasteiger charge is 2.25. The van der Waals surface area contributed by atoms with Crippen LogP contribution in [-0.2, 0) is 9.84 Å². The van der Waals surface area contributed by atoms with Gasteiger partial charge in [-0.05, 0) is 43.9 Å². The first-order valence-corrected chi connectivity index (χ1v) is 8.88. The number of rotatable bonds is 4. The van der Waals surface area contributed by atoms with Gasteiger partial charge in [0.05, 0.1) is 5.75 Å². The van der Waals surface area contributed by atoms with Crippen molar-refractivity contribution in [3.8, 4) is 0 Å². The minimum absolute atomic E-state index is 0.270. The van der Waals surface area contributed by atoms with Crippen molar-refractivity contribution < 1.29 is 8.42 Å². The predicted molar refractivity (Wildman–Crippen MR) is 79.4 cm³/mol. The van der Waals surface area contributed by atoms with E-state index in [-0.39, 0.29) is 5.75 Å². The Kier molecular flexibility index (Phi) is 4.31. The molecule has 2 rings (SSSR count). The number of sulfone groups is 1. The van der Waals surface area contributed by atoms with Crippen LogP contribution in [0.2, 0.25) is 0 Å². The van der Waals surface area contributed by atoms with E-state index in [0.717, 1.165) is 19.5 Å². The molecule has 0 spiro atoms. The van der Waals surface area contributed by atoms with E-state index in [2.05, 4.69) is 36.9 Å². The molecule has 19 heavy (non-hydrogen) atoms. The Labute approximate surface area is 116 Å². The van der Waals surface area contributed by atoms with Gasteiger partial charge >= 0.3 is 0 Å². The van der Waals surface area contributed by atoms with Crippen LogP contribution in [0.15, 0.2) is 18.2 Å². The molecule has 0 aromatic heterocycles. The molecule has 1 aliphatic heterocycles. The molecule has 0 amide bonds. The Hall–Kier alpha value is -0.870. The van der Waals surface area contributed by atoms with Gasteiger partial charge < -0.3 is 4.90 Å². The van der Waals surface area contributed by atoms with Crippen molar-refractivity contribution >= 4 is 9.84 Å². The van der Waals surface area contributed by atoms with Crippen LogP contribution in [0, 0.1) is 13.8 Å². The molecule has 1 aromatic rings. The summed E-state index contributed by atoms with van der Waals surface area (Å²) in [5.41, 5.74) is 4.08. The van der Waals surface area contributed by atoms with Gasteiger partial charge in [-0.2, -0.15) is 0 Å². The number of aryl methyl sites for hydroxylation is 2. The zero-order chi connectivity index (χ0) is 14.0. The van der Waals surface area contributed by atoms with Crippen molar-refractivity contribution in [1.82, 2.24) is 4.90 Å². The van der Waals surface area contributed by atoms with E-state index in [1.165, 1.54) is 22.9 Å². The van der Waals surface area contributed by atoms with Crippen molar-refractivity contribution in [1.29, 1.82) is 0 Å². The zero-order valence-electron chi connectivity index (χ0n) is 12.0. The van der Waals surface area contributed by atoms with Gasteiger partial charge in [0.2, 0.25) is 0 Å². The number of nitrogens with zero attached hydrogens (tertiary/aromatic N) is 1. The zero-order valence-corrected chi connectivity index (χ0v) is 12.8. The summed E-state index contributed by atoms with van der Waals surface area (Å²) in [4.78, 5) is 2.27. The van der Waals surface area contributed by atoms with Crippen LogP contribution in [0.25, 0.3) is 0 Å². The Morgan fingerprint density at radius 2 is 2.05 bits per heavy atom. The SMILES string of the molecule is Cc1ccc([C@@H]2CCN(CCS(C)(=O)=O)C2)c(C)c1. The summed E-state index contributed by atoms with van der Waals surface area (Å²) in [6.45, 7) is 6.94. The van der Waals surface area contributed by atoms with Gasteiger partial charge in [-0.1, -0.05) is 23.8 Å². The van der Waals surface area contributed by atoms with Crippen molar-refractivity contribution in [3.05, 3.63) is 34.9 Å². The van der Waals surface area contributed by atoms with Crippen LogP contribution < -0.4 is 0 Å². The van der Waals surface area contributed by atoms with Gasteiger partial charge in [0.15, 0.2) is 0 Å². The lowest BCUT2D eigenvalue weighted by atomic mass is 9.93. The number of hydrogen-bond donors (Lipinski definition) is 0. The average molecular weight is 281 g/mol. The molecule has 1 saturated heterocycles. The molecule has 4 heteroatoms. The summed E-state index contributed by atoms with van der Waals surface area (Å²) in [6.07, 6.45) is 2.44. The maximum absolute atomic E-state index is 11.2. The third-order valence-electron chi connectivity index (χ3n) is 3.92. The minimum atomic E-state index is -2.85. The fourth-order valence-corrected chi connectivity index (χ4v) is 3.46. The molecule has 1 atom stereocenters. The fourth-order valence-electron chi connectivity index (χ4n) is 2.87. The third kappa shape index (κ3) is 4.05. The molecule has 1 aromatic carbocycles. The highest BCUT2D eigenvalue weighted by atomic mass is 32.2. The van der Waals surface area contributed by atoms with E-state index in [4.69, 9.17) is 0 Å². The van der Waals surface area contributed by atoms with Gasteiger partial charge in [0, 0.05) is 19.3 Å². The van der Waals surface area contributed by atoms with Gasteiger partial charge in [0.1, 0.15) is 9.84 Å². The summed E-state index contributed by atoms with van der Waals surface area (Å²) in [5.74, 6) is 0.826. The Bertz CT molecular complexity index is 551. The maximum Gasteiger partial charge on any atom is 0.148 e. The average Bonchev–Trinajstić information content (AvgIpc) is 2.74. The quantitative estimate of drug-likeness (QED) is 0.848. The first kappa shape index (κ1) is 14.5. The van der Waals surface area contributed by atoms with Gasteiger partial charge in [-0.3, -0.25) is 0 Å². The summed E-state index contributed by atoms with van der Waals surface area (Å²) < 4.78 is 22.4. The van der Waals surface area contributed by atoms with E-state index < -0.39 is 9.84 Å². The Balaban J connectivity index is 1.98. The van der Waals surface area contributed by atoms with Gasteiger partial charge in [-0.25, -0.2) is 8.42 Å². The van der Waals surface area contributed by atoms with Crippen LogP contribution >= 0.6 is 0 Å². The molecular formula is C15H23NO2S. The molecule has 1 heterocycles. The molecule has 1 fully saturated rings. The van der Waals surface area contributed by atoms with Crippen molar-refractivity contribution in [3.63, 3.8) is 0 Å². The lowest BCUT2D eigenvalue weighted by molar-refractivity contribution is 0.354. The standard InChI is InChI=1S/C15H23NO2S/c1-12-4-5-15(13(2)10-12)14-6-7-16(11-14)8-9-19(3,17)18/h4-5,10,14H,6-9,11H2,1-3H3/t14-/m1/s1. The van der Waals surface area contributed by atoms with Crippen LogP contribution in [0.3, 0.4) is 0 Å². The first-order valence-electron chi connectivity index (χ1n) is 6.82. The normalized spacial score (nSPS) is 20.9. The second-order valence-electron chi connectivity index (χ2n) is 5.78. The topological polar surface area (TPSA) is 37.4 Å².